The smallest absolute Gasteiger partial charge is 0.163 e. The minimum Gasteiger partial charge on any atom is -0.504 e. The summed E-state index contributed by atoms with van der Waals surface area (Å²) in [5.74, 6) is 0.0488. The first-order valence-corrected chi connectivity index (χ1v) is 6.05. The highest BCUT2D eigenvalue weighted by molar-refractivity contribution is 6.09. The summed E-state index contributed by atoms with van der Waals surface area (Å²) in [7, 11) is 0. The zero-order valence-corrected chi connectivity index (χ0v) is 10.4. The molecular formula is C15H15NO2. The number of para-hydroxylation sites is 1. The molecule has 3 nitrogen and oxygen atoms in total. The normalized spacial score (nSPS) is 11.7. The third kappa shape index (κ3) is 1.37. The molecule has 0 aliphatic carbocycles. The van der Waals surface area contributed by atoms with E-state index in [1.807, 2.05) is 38.1 Å². The molecule has 0 bridgehead atoms. The van der Waals surface area contributed by atoms with Gasteiger partial charge in [0.2, 0.25) is 0 Å². The number of benzene rings is 2. The van der Waals surface area contributed by atoms with Crippen molar-refractivity contribution in [1.82, 2.24) is 4.98 Å². The maximum absolute atomic E-state index is 10.0. The number of aromatic amines is 1. The molecule has 18 heavy (non-hydrogen) atoms. The van der Waals surface area contributed by atoms with Gasteiger partial charge in [0.15, 0.2) is 11.5 Å². The first-order chi connectivity index (χ1) is 8.59. The number of hydrogen-bond donors (Lipinski definition) is 3. The number of nitrogens with one attached hydrogen (secondary N) is 1. The molecule has 92 valence electrons. The van der Waals surface area contributed by atoms with Crippen molar-refractivity contribution in [2.75, 3.05) is 0 Å². The molecule has 1 aromatic heterocycles. The van der Waals surface area contributed by atoms with Crippen molar-refractivity contribution in [2.24, 2.45) is 0 Å². The molecule has 0 amide bonds. The summed E-state index contributed by atoms with van der Waals surface area (Å²) >= 11 is 0. The van der Waals surface area contributed by atoms with E-state index in [-0.39, 0.29) is 17.4 Å². The van der Waals surface area contributed by atoms with Gasteiger partial charge in [-0.2, -0.15) is 0 Å². The molecule has 0 unspecified atom stereocenters. The van der Waals surface area contributed by atoms with E-state index in [1.54, 1.807) is 6.07 Å². The number of phenolic OH excluding ortho intramolecular Hbond substituents is 2. The largest absolute Gasteiger partial charge is 0.504 e. The predicted molar refractivity (Wildman–Crippen MR) is 73.2 cm³/mol. The monoisotopic (exact) mass is 241 g/mol. The Kier molecular flexibility index (Phi) is 2.23. The van der Waals surface area contributed by atoms with Gasteiger partial charge in [-0.3, -0.25) is 0 Å². The number of phenols is 2. The number of fused-ring (bicyclic) bond motifs is 3. The van der Waals surface area contributed by atoms with Gasteiger partial charge in [-0.15, -0.1) is 0 Å². The summed E-state index contributed by atoms with van der Waals surface area (Å²) in [6, 6.07) is 9.55. The van der Waals surface area contributed by atoms with Crippen molar-refractivity contribution in [1.29, 1.82) is 0 Å². The molecule has 0 saturated heterocycles. The van der Waals surface area contributed by atoms with Crippen LogP contribution in [-0.2, 0) is 0 Å². The quantitative estimate of drug-likeness (QED) is 0.567. The van der Waals surface area contributed by atoms with Gasteiger partial charge in [-0.1, -0.05) is 32.0 Å². The summed E-state index contributed by atoms with van der Waals surface area (Å²) in [5, 5.41) is 21.9. The molecule has 0 aliphatic rings. The van der Waals surface area contributed by atoms with Gasteiger partial charge in [-0.25, -0.2) is 0 Å². The fraction of sp³-hybridized carbons (Fsp3) is 0.200. The Labute approximate surface area is 105 Å². The fourth-order valence-corrected chi connectivity index (χ4v) is 2.55. The molecule has 0 aliphatic heterocycles. The van der Waals surface area contributed by atoms with E-state index in [2.05, 4.69) is 4.98 Å². The average molecular weight is 241 g/mol. The molecule has 0 saturated carbocycles. The molecule has 3 rings (SSSR count). The highest BCUT2D eigenvalue weighted by Crippen LogP contribution is 2.41. The first-order valence-electron chi connectivity index (χ1n) is 6.05. The van der Waals surface area contributed by atoms with Crippen LogP contribution in [0.2, 0.25) is 0 Å². The van der Waals surface area contributed by atoms with Crippen molar-refractivity contribution in [3.05, 3.63) is 35.9 Å². The van der Waals surface area contributed by atoms with E-state index >= 15 is 0 Å². The Balaban J connectivity index is 2.55. The van der Waals surface area contributed by atoms with Crippen molar-refractivity contribution in [3.8, 4) is 11.5 Å². The minimum atomic E-state index is -0.0593. The standard InChI is InChI=1S/C15H15NO2/c1-8(2)13-14-10(7-12(17)15(13)18)9-5-3-4-6-11(9)16-14/h3-8,16-18H,1-2H3. The average Bonchev–Trinajstić information content (AvgIpc) is 2.68. The minimum absolute atomic E-state index is 0.0240. The van der Waals surface area contributed by atoms with Gasteiger partial charge >= 0.3 is 0 Å². The van der Waals surface area contributed by atoms with E-state index in [1.165, 1.54) is 0 Å². The number of H-pyrrole nitrogens is 1. The van der Waals surface area contributed by atoms with Gasteiger partial charge in [0, 0.05) is 21.9 Å². The van der Waals surface area contributed by atoms with Crippen molar-refractivity contribution in [2.45, 2.75) is 19.8 Å². The second kappa shape index (κ2) is 3.67. The van der Waals surface area contributed by atoms with E-state index in [0.29, 0.717) is 0 Å². The van der Waals surface area contributed by atoms with Crippen LogP contribution in [0, 0.1) is 0 Å². The second-order valence-corrected chi connectivity index (χ2v) is 4.91. The summed E-state index contributed by atoms with van der Waals surface area (Å²) < 4.78 is 0. The molecule has 0 atom stereocenters. The summed E-state index contributed by atoms with van der Waals surface area (Å²) in [6.45, 7) is 4.00. The lowest BCUT2D eigenvalue weighted by molar-refractivity contribution is 0.399. The fourth-order valence-electron chi connectivity index (χ4n) is 2.55. The lowest BCUT2D eigenvalue weighted by Gasteiger charge is -2.11. The van der Waals surface area contributed by atoms with Gasteiger partial charge in [0.25, 0.3) is 0 Å². The van der Waals surface area contributed by atoms with Crippen molar-refractivity contribution < 1.29 is 10.2 Å². The molecule has 3 N–H and O–H groups in total. The van der Waals surface area contributed by atoms with Crippen LogP contribution in [0.15, 0.2) is 30.3 Å². The highest BCUT2D eigenvalue weighted by atomic mass is 16.3. The lowest BCUT2D eigenvalue weighted by Crippen LogP contribution is -1.90. The Morgan fingerprint density at radius 2 is 1.78 bits per heavy atom. The molecule has 3 aromatic rings. The van der Waals surface area contributed by atoms with E-state index < -0.39 is 0 Å². The molecular weight excluding hydrogens is 226 g/mol. The van der Waals surface area contributed by atoms with Crippen LogP contribution >= 0.6 is 0 Å². The highest BCUT2D eigenvalue weighted by Gasteiger charge is 2.18. The molecule has 1 heterocycles. The molecule has 0 fully saturated rings. The summed E-state index contributed by atoms with van der Waals surface area (Å²) in [6.07, 6.45) is 0. The number of aromatic nitrogens is 1. The number of rotatable bonds is 1. The van der Waals surface area contributed by atoms with Crippen LogP contribution < -0.4 is 0 Å². The van der Waals surface area contributed by atoms with Crippen LogP contribution in [0.4, 0.5) is 0 Å². The van der Waals surface area contributed by atoms with Crippen LogP contribution in [0.3, 0.4) is 0 Å². The third-order valence-electron chi connectivity index (χ3n) is 3.37. The van der Waals surface area contributed by atoms with Crippen LogP contribution in [-0.4, -0.2) is 15.2 Å². The second-order valence-electron chi connectivity index (χ2n) is 4.91. The van der Waals surface area contributed by atoms with Gasteiger partial charge < -0.3 is 15.2 Å². The topological polar surface area (TPSA) is 56.2 Å². The van der Waals surface area contributed by atoms with Gasteiger partial charge in [-0.05, 0) is 18.1 Å². The SMILES string of the molecule is CC(C)c1c(O)c(O)cc2c1[nH]c1ccccc12. The third-order valence-corrected chi connectivity index (χ3v) is 3.37. The van der Waals surface area contributed by atoms with Crippen molar-refractivity contribution >= 4 is 21.8 Å². The number of aromatic hydroxyl groups is 2. The van der Waals surface area contributed by atoms with Gasteiger partial charge in [0.05, 0.1) is 5.52 Å². The first kappa shape index (κ1) is 11.0. The Morgan fingerprint density at radius 3 is 2.50 bits per heavy atom. The number of hydrogen-bond acceptors (Lipinski definition) is 2. The maximum atomic E-state index is 10.0. The molecule has 0 radical (unpaired) electrons. The van der Waals surface area contributed by atoms with E-state index in [4.69, 9.17) is 0 Å². The molecule has 0 spiro atoms. The van der Waals surface area contributed by atoms with E-state index in [9.17, 15) is 10.2 Å². The Morgan fingerprint density at radius 1 is 1.06 bits per heavy atom. The van der Waals surface area contributed by atoms with Crippen LogP contribution in [0.1, 0.15) is 25.3 Å². The molecule has 3 heteroatoms. The summed E-state index contributed by atoms with van der Waals surface area (Å²) in [5.41, 5.74) is 2.68. The van der Waals surface area contributed by atoms with Gasteiger partial charge in [0.1, 0.15) is 0 Å². The zero-order valence-electron chi connectivity index (χ0n) is 10.4. The summed E-state index contributed by atoms with van der Waals surface area (Å²) in [4.78, 5) is 3.32. The zero-order chi connectivity index (χ0) is 12.9. The van der Waals surface area contributed by atoms with Crippen LogP contribution in [0.25, 0.3) is 21.8 Å². The van der Waals surface area contributed by atoms with Crippen molar-refractivity contribution in [3.63, 3.8) is 0 Å². The Bertz CT molecular complexity index is 741. The van der Waals surface area contributed by atoms with E-state index in [0.717, 1.165) is 27.4 Å². The maximum Gasteiger partial charge on any atom is 0.163 e. The predicted octanol–water partition coefficient (Wildman–Crippen LogP) is 3.86. The molecule has 2 aromatic carbocycles. The van der Waals surface area contributed by atoms with Crippen LogP contribution in [0.5, 0.6) is 11.5 Å². The Hall–Kier alpha value is -2.16. The lowest BCUT2D eigenvalue weighted by atomic mass is 9.98.